The minimum absolute atomic E-state index is 0. The van der Waals surface area contributed by atoms with E-state index in [0.717, 1.165) is 0 Å². The van der Waals surface area contributed by atoms with Crippen molar-refractivity contribution in [3.05, 3.63) is 0 Å². The maximum atomic E-state index is 0. The minimum atomic E-state index is 0. The maximum Gasteiger partial charge on any atom is 1.00 e. The number of hydrogen-bond acceptors (Lipinski definition) is 0. The molecule has 0 rings (SSSR count). The first-order chi connectivity index (χ1) is 0. The summed E-state index contributed by atoms with van der Waals surface area (Å²) in [7, 11) is 0. The Morgan fingerprint density at radius 3 is 0.500 bits per heavy atom. The van der Waals surface area contributed by atoms with Crippen LogP contribution in [0.5, 0.6) is 0 Å². The summed E-state index contributed by atoms with van der Waals surface area (Å²) < 4.78 is 0. The van der Waals surface area contributed by atoms with E-state index in [2.05, 4.69) is 0 Å². The van der Waals surface area contributed by atoms with Gasteiger partial charge in [0, 0.05) is 0 Å². The van der Waals surface area contributed by atoms with Gasteiger partial charge in [0.2, 0.25) is 0 Å². The van der Waals surface area contributed by atoms with E-state index in [9.17, 15) is 0 Å². The van der Waals surface area contributed by atoms with Gasteiger partial charge in [-0.3, -0.25) is 0 Å². The number of rotatable bonds is 0. The molecule has 0 aliphatic heterocycles. The van der Waals surface area contributed by atoms with Gasteiger partial charge in [0.25, 0.3) is 0 Å². The van der Waals surface area contributed by atoms with Gasteiger partial charge in [0.05, 0.1) is 0 Å². The number of hydrogen-bond donors (Lipinski definition) is 0. The fraction of sp³-hybridized carbons (Fsp3) is 0. The first-order valence-electron chi connectivity index (χ1n) is 0. The van der Waals surface area contributed by atoms with E-state index < -0.39 is 0 Å². The second kappa shape index (κ2) is 15.6. The third kappa shape index (κ3) is 9.81. The van der Waals surface area contributed by atoms with Crippen molar-refractivity contribution in [3.8, 4) is 0 Å². The first kappa shape index (κ1) is 23.4. The molecule has 0 aliphatic carbocycles. The zero-order valence-electron chi connectivity index (χ0n) is 4.00. The molecule has 0 fully saturated rings. The van der Waals surface area contributed by atoms with Crippen LogP contribution in [0.3, 0.4) is 0 Å². The van der Waals surface area contributed by atoms with Crippen LogP contribution in [0, 0.1) is 0 Å². The van der Waals surface area contributed by atoms with E-state index in [1.165, 1.54) is 0 Å². The SMILES string of the molecule is [K+].[Na+].[Na+].[Na+]. The summed E-state index contributed by atoms with van der Waals surface area (Å²) in [5.41, 5.74) is 0. The molecule has 4 heteroatoms. The van der Waals surface area contributed by atoms with Gasteiger partial charge < -0.3 is 0 Å². The van der Waals surface area contributed by atoms with E-state index in [1.54, 1.807) is 0 Å². The Balaban J connectivity index is 0. The van der Waals surface area contributed by atoms with Crippen molar-refractivity contribution in [2.45, 2.75) is 0 Å². The van der Waals surface area contributed by atoms with E-state index >= 15 is 0 Å². The van der Waals surface area contributed by atoms with Crippen LogP contribution in [-0.2, 0) is 0 Å². The molecule has 0 radical (unpaired) electrons. The molecule has 0 aromatic heterocycles. The first-order valence-corrected chi connectivity index (χ1v) is 0. The van der Waals surface area contributed by atoms with Crippen LogP contribution in [0.25, 0.3) is 0 Å². The second-order valence-electron chi connectivity index (χ2n) is 0. The Morgan fingerprint density at radius 1 is 0.500 bits per heavy atom. The van der Waals surface area contributed by atoms with Gasteiger partial charge in [-0.1, -0.05) is 0 Å². The van der Waals surface area contributed by atoms with E-state index in [0.29, 0.717) is 0 Å². The predicted octanol–water partition coefficient (Wildman–Crippen LogP) is -12.0. The molecule has 4 heavy (non-hydrogen) atoms. The quantitative estimate of drug-likeness (QED) is 0.270. The van der Waals surface area contributed by atoms with Crippen LogP contribution < -0.4 is 140 Å². The zero-order chi connectivity index (χ0) is 0. The summed E-state index contributed by atoms with van der Waals surface area (Å²) in [5.74, 6) is 0. The maximum absolute atomic E-state index is 0. The molecule has 0 valence electrons. The average molecular weight is 108 g/mol. The van der Waals surface area contributed by atoms with E-state index in [4.69, 9.17) is 0 Å². The van der Waals surface area contributed by atoms with Gasteiger partial charge >= 0.3 is 140 Å². The molecule has 0 aliphatic rings. The fourth-order valence-corrected chi connectivity index (χ4v) is 0. The van der Waals surface area contributed by atoms with Gasteiger partial charge in [0.1, 0.15) is 0 Å². The topological polar surface area (TPSA) is 0 Å². The molecule has 0 amide bonds. The van der Waals surface area contributed by atoms with Crippen LogP contribution in [0.1, 0.15) is 0 Å². The molecule has 0 bridgehead atoms. The summed E-state index contributed by atoms with van der Waals surface area (Å²) in [4.78, 5) is 0. The van der Waals surface area contributed by atoms with Crippen molar-refractivity contribution in [2.24, 2.45) is 0 Å². The van der Waals surface area contributed by atoms with E-state index in [1.807, 2.05) is 0 Å². The van der Waals surface area contributed by atoms with Gasteiger partial charge in [-0.05, 0) is 0 Å². The van der Waals surface area contributed by atoms with Crippen LogP contribution in [-0.4, -0.2) is 0 Å². The Labute approximate surface area is 136 Å². The predicted molar refractivity (Wildman–Crippen MR) is 0 cm³/mol. The standard InChI is InChI=1S/K.3Na/q4*+1. The van der Waals surface area contributed by atoms with Crippen molar-refractivity contribution >= 4 is 0 Å². The second-order valence-corrected chi connectivity index (χ2v) is 0. The summed E-state index contributed by atoms with van der Waals surface area (Å²) in [6.45, 7) is 0. The molecule has 0 spiro atoms. The molecule has 0 nitrogen and oxygen atoms in total. The third-order valence-corrected chi connectivity index (χ3v) is 0. The van der Waals surface area contributed by atoms with Crippen LogP contribution in [0.4, 0.5) is 0 Å². The smallest absolute Gasteiger partial charge is 1.00 e. The Bertz CT molecular complexity index is 3.25. The molecular formula is KNa3+4. The van der Waals surface area contributed by atoms with Crippen molar-refractivity contribution in [1.29, 1.82) is 0 Å². The van der Waals surface area contributed by atoms with E-state index in [-0.39, 0.29) is 140 Å². The van der Waals surface area contributed by atoms with Crippen LogP contribution in [0.15, 0.2) is 0 Å². The summed E-state index contributed by atoms with van der Waals surface area (Å²) in [5, 5.41) is 0. The largest absolute Gasteiger partial charge is 1.00 e. The third-order valence-electron chi connectivity index (χ3n) is 0. The zero-order valence-corrected chi connectivity index (χ0v) is 13.1. The molecule has 0 aromatic rings. The minimum Gasteiger partial charge on any atom is 1.00 e. The molecule has 0 aromatic carbocycles. The molecule has 0 saturated carbocycles. The van der Waals surface area contributed by atoms with Gasteiger partial charge in [0.15, 0.2) is 0 Å². The summed E-state index contributed by atoms with van der Waals surface area (Å²) in [6.07, 6.45) is 0. The van der Waals surface area contributed by atoms with Crippen molar-refractivity contribution in [3.63, 3.8) is 0 Å². The normalized spacial score (nSPS) is 0. The fourth-order valence-electron chi connectivity index (χ4n) is 0. The van der Waals surface area contributed by atoms with Crippen molar-refractivity contribution < 1.29 is 140 Å². The monoisotopic (exact) mass is 108 g/mol. The molecule has 0 N–H and O–H groups in total. The molecule has 0 unspecified atom stereocenters. The summed E-state index contributed by atoms with van der Waals surface area (Å²) >= 11 is 0. The van der Waals surface area contributed by atoms with Gasteiger partial charge in [-0.15, -0.1) is 0 Å². The van der Waals surface area contributed by atoms with Crippen LogP contribution in [0.2, 0.25) is 0 Å². The summed E-state index contributed by atoms with van der Waals surface area (Å²) in [6, 6.07) is 0. The average Bonchev–Trinajstić information content (AvgIpc) is 0. The van der Waals surface area contributed by atoms with Crippen molar-refractivity contribution in [2.75, 3.05) is 0 Å². The van der Waals surface area contributed by atoms with Crippen LogP contribution >= 0.6 is 0 Å². The molecule has 0 saturated heterocycles. The Kier molecular flexibility index (Phi) is 91.6. The van der Waals surface area contributed by atoms with Crippen molar-refractivity contribution in [1.82, 2.24) is 0 Å². The van der Waals surface area contributed by atoms with Gasteiger partial charge in [-0.25, -0.2) is 0 Å². The van der Waals surface area contributed by atoms with Gasteiger partial charge in [-0.2, -0.15) is 0 Å². The molecule has 0 heterocycles. The Morgan fingerprint density at radius 2 is 0.500 bits per heavy atom. The molecular weight excluding hydrogens is 108 g/mol. The molecule has 0 atom stereocenters. The Hall–Kier alpha value is 4.64.